The minimum atomic E-state index is 0.937. The molecule has 26 rings (SSSR count). The van der Waals surface area contributed by atoms with Crippen LogP contribution in [-0.4, -0.2) is 27.4 Å². The summed E-state index contributed by atoms with van der Waals surface area (Å²) in [4.78, 5) is 0. The van der Waals surface area contributed by atoms with Crippen LogP contribution in [0.1, 0.15) is 22.3 Å². The minimum Gasteiger partial charge on any atom is -0.456 e. The lowest BCUT2D eigenvalue weighted by atomic mass is 10.1. The van der Waals surface area contributed by atoms with Gasteiger partial charge >= 0.3 is 0 Å². The Bertz CT molecular complexity index is 8570. The quantitative estimate of drug-likeness (QED) is 0.164. The molecule has 26 aromatic rings. The van der Waals surface area contributed by atoms with Gasteiger partial charge in [-0.1, -0.05) is 248 Å². The molecule has 0 radical (unpaired) electrons. The first kappa shape index (κ1) is 70.2. The Morgan fingerprint density at radius 2 is 0.467 bits per heavy atom. The maximum Gasteiger partial charge on any atom is 0.136 e. The molecule has 18 aromatic carbocycles. The highest BCUT2D eigenvalue weighted by Crippen LogP contribution is 2.48. The van der Waals surface area contributed by atoms with Crippen molar-refractivity contribution < 1.29 is 4.42 Å². The van der Waals surface area contributed by atoms with Crippen LogP contribution in [0.2, 0.25) is 0 Å². The predicted octanol–water partition coefficient (Wildman–Crippen LogP) is 30.8. The fourth-order valence-electron chi connectivity index (χ4n) is 19.3. The molecule has 0 aliphatic rings. The van der Waals surface area contributed by atoms with E-state index in [0.717, 1.165) is 11.2 Å². The smallest absolute Gasteiger partial charge is 0.136 e. The molecule has 0 fully saturated rings. The molecule has 0 saturated carbocycles. The Kier molecular flexibility index (Phi) is 16.6. The number of aryl methyl sites for hydroxylation is 4. The maximum atomic E-state index is 6.13. The third kappa shape index (κ3) is 11.2. The molecule has 8 aromatic heterocycles. The van der Waals surface area contributed by atoms with Crippen molar-refractivity contribution in [2.75, 3.05) is 0 Å². The monoisotopic (exact) mass is 1550 g/mol. The van der Waals surface area contributed by atoms with Crippen LogP contribution in [0.4, 0.5) is 0 Å². The van der Waals surface area contributed by atoms with Crippen LogP contribution in [0.5, 0.6) is 0 Å². The highest BCUT2D eigenvalue weighted by Gasteiger charge is 2.25. The molecule has 0 aliphatic carbocycles. The Hall–Kier alpha value is -15.2. The molecule has 7 nitrogen and oxygen atoms in total. The molecule has 8 heteroatoms. The number of benzene rings is 18. The summed E-state index contributed by atoms with van der Waals surface area (Å²) in [5.74, 6) is 0. The highest BCUT2D eigenvalue weighted by atomic mass is 32.1. The number of hydrogen-bond acceptors (Lipinski definition) is 2. The summed E-state index contributed by atoms with van der Waals surface area (Å²) in [5.41, 5.74) is 29.0. The lowest BCUT2D eigenvalue weighted by Crippen LogP contribution is -1.95. The molecule has 8 heterocycles. The van der Waals surface area contributed by atoms with E-state index in [-0.39, 0.29) is 0 Å². The Labute approximate surface area is 695 Å². The van der Waals surface area contributed by atoms with Gasteiger partial charge in [-0.2, -0.15) is 0 Å². The van der Waals surface area contributed by atoms with Gasteiger partial charge in [-0.05, 0) is 203 Å². The highest BCUT2D eigenvalue weighted by molar-refractivity contribution is 7.26. The van der Waals surface area contributed by atoms with Crippen molar-refractivity contribution in [3.05, 3.63) is 423 Å². The first-order valence-corrected chi connectivity index (χ1v) is 42.0. The van der Waals surface area contributed by atoms with Gasteiger partial charge in [-0.15, -0.1) is 11.3 Å². The Morgan fingerprint density at radius 3 is 0.867 bits per heavy atom. The van der Waals surface area contributed by atoms with Gasteiger partial charge in [0, 0.05) is 130 Å². The molecule has 0 bridgehead atoms. The summed E-state index contributed by atoms with van der Waals surface area (Å²) in [7, 11) is 0. The topological polar surface area (TPSA) is 42.7 Å². The summed E-state index contributed by atoms with van der Waals surface area (Å²) >= 11 is 1.90. The summed E-state index contributed by atoms with van der Waals surface area (Å²) < 4.78 is 23.2. The standard InChI is InChI=1S/2C31H22N2.C25H17NO.C25H17NS/c1-21-10-9-13-23(20-21)33-27-17-8-6-15-25(27)31-29(33)19-18-28-30(31)24-14-5-7-16-26(24)32(28)22-11-3-2-4-12-22;1-21-15-17-23(18-16-21)33-27-14-8-6-12-25(27)31-29(33)20-19-28-30(31)24-11-5-7-13-26(24)32(28)22-9-3-2-4-10-22;1-16-7-6-8-17(15-16)26-20-11-4-2-9-18(20)24-21(26)13-14-23-25(24)19-10-3-5-12-22(19)27-23;1-16-10-12-17(13-11-16)26-21-8-4-2-7-20(21)24-22(26)15-14-19-18-6-3-5-9-23(18)27-25(19)24/h2*2-20H,1H3;2*2-15H,1H3. The zero-order chi connectivity index (χ0) is 79.8. The zero-order valence-corrected chi connectivity index (χ0v) is 67.4. The van der Waals surface area contributed by atoms with Crippen molar-refractivity contribution in [2.45, 2.75) is 27.7 Å². The fraction of sp³-hybridized carbons (Fsp3) is 0.0357. The number of aromatic nitrogens is 6. The van der Waals surface area contributed by atoms with E-state index in [9.17, 15) is 0 Å². The van der Waals surface area contributed by atoms with Crippen LogP contribution in [0.25, 0.3) is 207 Å². The number of rotatable bonds is 6. The minimum absolute atomic E-state index is 0.937. The van der Waals surface area contributed by atoms with Gasteiger partial charge in [0.15, 0.2) is 0 Å². The summed E-state index contributed by atoms with van der Waals surface area (Å²) in [6.45, 7) is 8.57. The van der Waals surface area contributed by atoms with Gasteiger partial charge in [0.2, 0.25) is 0 Å². The van der Waals surface area contributed by atoms with Gasteiger partial charge in [0.1, 0.15) is 11.2 Å². The van der Waals surface area contributed by atoms with Crippen molar-refractivity contribution in [1.29, 1.82) is 0 Å². The molecule has 0 unspecified atom stereocenters. The number of furan rings is 1. The van der Waals surface area contributed by atoms with Gasteiger partial charge in [0.05, 0.1) is 66.2 Å². The van der Waals surface area contributed by atoms with E-state index in [4.69, 9.17) is 4.42 Å². The van der Waals surface area contributed by atoms with E-state index in [1.165, 1.54) is 218 Å². The van der Waals surface area contributed by atoms with E-state index in [1.807, 2.05) is 23.5 Å². The first-order valence-electron chi connectivity index (χ1n) is 41.2. The molecule has 0 amide bonds. The SMILES string of the molecule is Cc1ccc(-n2c3ccccc3c3c4c5ccccc5n(-c5ccccc5)c4ccc32)cc1.Cc1ccc(-n2c3ccccc3c3c4sc5ccccc5c4ccc32)cc1.Cc1cccc(-n2c3ccccc3c3c4c(ccc32)oc2ccccc24)c1.Cc1cccc(-n2c3ccccc3c3c4c5ccccc5n(-c5ccccc5)c4ccc32)c1. The molecule has 0 atom stereocenters. The predicted molar refractivity (Wildman–Crippen MR) is 511 cm³/mol. The van der Waals surface area contributed by atoms with Crippen LogP contribution in [0.15, 0.2) is 405 Å². The van der Waals surface area contributed by atoms with Crippen molar-refractivity contribution >= 4 is 184 Å². The van der Waals surface area contributed by atoms with Crippen molar-refractivity contribution in [3.63, 3.8) is 0 Å². The van der Waals surface area contributed by atoms with Crippen LogP contribution in [-0.2, 0) is 0 Å². The van der Waals surface area contributed by atoms with E-state index >= 15 is 0 Å². The summed E-state index contributed by atoms with van der Waals surface area (Å²) in [5, 5.41) is 20.7. The molecule has 120 heavy (non-hydrogen) atoms. The van der Waals surface area contributed by atoms with Crippen LogP contribution < -0.4 is 0 Å². The van der Waals surface area contributed by atoms with Crippen LogP contribution in [0, 0.1) is 27.7 Å². The molecule has 568 valence electrons. The van der Waals surface area contributed by atoms with E-state index < -0.39 is 0 Å². The van der Waals surface area contributed by atoms with Gasteiger partial charge in [-0.25, -0.2) is 0 Å². The molecular formula is C112H78N6OS. The largest absolute Gasteiger partial charge is 0.456 e. The molecule has 0 N–H and O–H groups in total. The van der Waals surface area contributed by atoms with Crippen molar-refractivity contribution in [2.24, 2.45) is 0 Å². The number of thiophene rings is 1. The Balaban J connectivity index is 0.0000000938. The Morgan fingerprint density at radius 1 is 0.175 bits per heavy atom. The van der Waals surface area contributed by atoms with Gasteiger partial charge in [-0.3, -0.25) is 0 Å². The van der Waals surface area contributed by atoms with E-state index in [1.54, 1.807) is 0 Å². The maximum absolute atomic E-state index is 6.13. The second-order valence-corrected chi connectivity index (χ2v) is 32.8. The third-order valence-electron chi connectivity index (χ3n) is 24.4. The lowest BCUT2D eigenvalue weighted by molar-refractivity contribution is 0.669. The summed E-state index contributed by atoms with van der Waals surface area (Å²) in [6.07, 6.45) is 0. The average molecular weight is 1560 g/mol. The summed E-state index contributed by atoms with van der Waals surface area (Å²) in [6, 6.07) is 144. The average Bonchev–Trinajstić information content (AvgIpc) is 1.57. The number of hydrogen-bond donors (Lipinski definition) is 0. The lowest BCUT2D eigenvalue weighted by Gasteiger charge is -2.09. The first-order chi connectivity index (χ1) is 59.2. The second-order valence-electron chi connectivity index (χ2n) is 31.7. The van der Waals surface area contributed by atoms with Gasteiger partial charge in [0.25, 0.3) is 0 Å². The fourth-order valence-corrected chi connectivity index (χ4v) is 20.5. The molecular weight excluding hydrogens is 1480 g/mol. The number of para-hydroxylation sites is 9. The molecule has 0 spiro atoms. The van der Waals surface area contributed by atoms with Crippen LogP contribution in [0.3, 0.4) is 0 Å². The van der Waals surface area contributed by atoms with E-state index in [0.29, 0.717) is 0 Å². The van der Waals surface area contributed by atoms with E-state index in [2.05, 4.69) is 443 Å². The second kappa shape index (κ2) is 28.3. The van der Waals surface area contributed by atoms with Gasteiger partial charge < -0.3 is 31.8 Å². The number of nitrogens with zero attached hydrogens (tertiary/aromatic N) is 6. The van der Waals surface area contributed by atoms with Crippen molar-refractivity contribution in [3.8, 4) is 34.1 Å². The zero-order valence-electron chi connectivity index (χ0n) is 66.6. The molecule has 0 saturated heterocycles. The number of fused-ring (bicyclic) bond motifs is 28. The normalized spacial score (nSPS) is 11.8. The van der Waals surface area contributed by atoms with Crippen molar-refractivity contribution in [1.82, 2.24) is 27.4 Å². The van der Waals surface area contributed by atoms with Crippen LogP contribution >= 0.6 is 11.3 Å². The third-order valence-corrected chi connectivity index (χ3v) is 25.6. The molecule has 0 aliphatic heterocycles.